The number of carbonyl (C=O) groups excluding carboxylic acids is 1. The van der Waals surface area contributed by atoms with Crippen molar-refractivity contribution in [1.82, 2.24) is 4.90 Å². The van der Waals surface area contributed by atoms with Gasteiger partial charge in [0.25, 0.3) is 0 Å². The summed E-state index contributed by atoms with van der Waals surface area (Å²) in [5.41, 5.74) is 5.29. The molecule has 4 nitrogen and oxygen atoms in total. The Labute approximate surface area is 85.4 Å². The molecule has 0 aromatic carbocycles. The fraction of sp³-hybridized carbons (Fsp3) is 0.900. The fourth-order valence-electron chi connectivity index (χ4n) is 1.63. The number of carbonyl (C=O) groups is 1. The van der Waals surface area contributed by atoms with Gasteiger partial charge in [-0.3, -0.25) is 4.79 Å². The number of morpholine rings is 1. The van der Waals surface area contributed by atoms with Gasteiger partial charge >= 0.3 is 0 Å². The van der Waals surface area contributed by atoms with Crippen LogP contribution in [0.2, 0.25) is 0 Å². The Kier molecular flexibility index (Phi) is 3.50. The van der Waals surface area contributed by atoms with Crippen molar-refractivity contribution in [1.29, 1.82) is 0 Å². The summed E-state index contributed by atoms with van der Waals surface area (Å²) in [6, 6.07) is 0. The first kappa shape index (κ1) is 11.5. The SMILES string of the molecule is CC(CN)C(=O)N1CCOCC1(C)C. The lowest BCUT2D eigenvalue weighted by Crippen LogP contribution is -2.57. The molecule has 1 fully saturated rings. The van der Waals surface area contributed by atoms with Crippen molar-refractivity contribution in [2.24, 2.45) is 11.7 Å². The summed E-state index contributed by atoms with van der Waals surface area (Å²) in [5, 5.41) is 0. The van der Waals surface area contributed by atoms with Gasteiger partial charge in [-0.25, -0.2) is 0 Å². The zero-order valence-corrected chi connectivity index (χ0v) is 9.25. The Balaban J connectivity index is 2.69. The maximum absolute atomic E-state index is 11.9. The highest BCUT2D eigenvalue weighted by Gasteiger charge is 2.35. The van der Waals surface area contributed by atoms with E-state index in [9.17, 15) is 4.79 Å². The predicted molar refractivity (Wildman–Crippen MR) is 54.8 cm³/mol. The monoisotopic (exact) mass is 200 g/mol. The lowest BCUT2D eigenvalue weighted by molar-refractivity contribution is -0.149. The molecule has 0 radical (unpaired) electrons. The molecule has 1 unspecified atom stereocenters. The zero-order chi connectivity index (χ0) is 10.8. The van der Waals surface area contributed by atoms with E-state index in [-0.39, 0.29) is 17.4 Å². The van der Waals surface area contributed by atoms with Crippen LogP contribution in [0.3, 0.4) is 0 Å². The Morgan fingerprint density at radius 1 is 1.64 bits per heavy atom. The van der Waals surface area contributed by atoms with Crippen LogP contribution in [0.15, 0.2) is 0 Å². The van der Waals surface area contributed by atoms with Gasteiger partial charge in [0.15, 0.2) is 0 Å². The second-order valence-electron chi connectivity index (χ2n) is 4.49. The summed E-state index contributed by atoms with van der Waals surface area (Å²) in [4.78, 5) is 13.8. The topological polar surface area (TPSA) is 55.6 Å². The van der Waals surface area contributed by atoms with Crippen LogP contribution in [0.25, 0.3) is 0 Å². The molecule has 1 saturated heterocycles. The summed E-state index contributed by atoms with van der Waals surface area (Å²) < 4.78 is 5.35. The molecule has 0 aromatic rings. The number of nitrogens with two attached hydrogens (primary N) is 1. The Bertz CT molecular complexity index is 216. The van der Waals surface area contributed by atoms with Gasteiger partial charge in [0.1, 0.15) is 0 Å². The molecule has 0 aromatic heterocycles. The van der Waals surface area contributed by atoms with E-state index < -0.39 is 0 Å². The first-order valence-electron chi connectivity index (χ1n) is 5.08. The van der Waals surface area contributed by atoms with Gasteiger partial charge in [0.05, 0.1) is 18.8 Å². The van der Waals surface area contributed by atoms with Crippen molar-refractivity contribution in [3.8, 4) is 0 Å². The zero-order valence-electron chi connectivity index (χ0n) is 9.25. The van der Waals surface area contributed by atoms with Crippen LogP contribution in [-0.4, -0.2) is 42.6 Å². The maximum atomic E-state index is 11.9. The molecule has 1 heterocycles. The van der Waals surface area contributed by atoms with E-state index >= 15 is 0 Å². The Hall–Kier alpha value is -0.610. The van der Waals surface area contributed by atoms with Crippen LogP contribution in [0.4, 0.5) is 0 Å². The standard InChI is InChI=1S/C10H20N2O2/c1-8(6-11)9(13)12-4-5-14-7-10(12,2)3/h8H,4-7,11H2,1-3H3. The molecule has 0 bridgehead atoms. The van der Waals surface area contributed by atoms with Crippen LogP contribution < -0.4 is 5.73 Å². The summed E-state index contributed by atoms with van der Waals surface area (Å²) in [5.74, 6) is 0.0492. The van der Waals surface area contributed by atoms with Crippen LogP contribution in [0.1, 0.15) is 20.8 Å². The largest absolute Gasteiger partial charge is 0.377 e. The van der Waals surface area contributed by atoms with E-state index in [1.807, 2.05) is 25.7 Å². The molecule has 14 heavy (non-hydrogen) atoms. The minimum atomic E-state index is -0.196. The van der Waals surface area contributed by atoms with Crippen LogP contribution in [-0.2, 0) is 9.53 Å². The molecule has 4 heteroatoms. The normalized spacial score (nSPS) is 23.3. The summed E-state index contributed by atoms with van der Waals surface area (Å²) in [6.07, 6.45) is 0. The molecule has 1 amide bonds. The first-order chi connectivity index (χ1) is 6.49. The number of hydrogen-bond donors (Lipinski definition) is 1. The van der Waals surface area contributed by atoms with E-state index in [0.717, 1.165) is 0 Å². The molecule has 0 aliphatic carbocycles. The molecule has 1 aliphatic heterocycles. The van der Waals surface area contributed by atoms with Gasteiger partial charge in [-0.05, 0) is 13.8 Å². The van der Waals surface area contributed by atoms with Gasteiger partial charge in [-0.1, -0.05) is 6.92 Å². The maximum Gasteiger partial charge on any atom is 0.227 e. The van der Waals surface area contributed by atoms with Gasteiger partial charge in [-0.2, -0.15) is 0 Å². The average molecular weight is 200 g/mol. The van der Waals surface area contributed by atoms with Crippen LogP contribution >= 0.6 is 0 Å². The number of amides is 1. The smallest absolute Gasteiger partial charge is 0.227 e. The lowest BCUT2D eigenvalue weighted by atomic mass is 9.99. The molecule has 0 spiro atoms. The molecule has 82 valence electrons. The molecule has 1 aliphatic rings. The minimum absolute atomic E-state index is 0.0904. The average Bonchev–Trinajstić information content (AvgIpc) is 2.15. The molecule has 2 N–H and O–H groups in total. The third kappa shape index (κ3) is 2.25. The Morgan fingerprint density at radius 2 is 2.29 bits per heavy atom. The van der Waals surface area contributed by atoms with Crippen molar-refractivity contribution in [3.63, 3.8) is 0 Å². The third-order valence-electron chi connectivity index (χ3n) is 2.69. The van der Waals surface area contributed by atoms with Crippen LogP contribution in [0, 0.1) is 5.92 Å². The summed E-state index contributed by atoms with van der Waals surface area (Å²) >= 11 is 0. The number of ether oxygens (including phenoxy) is 1. The van der Waals surface area contributed by atoms with E-state index in [0.29, 0.717) is 26.3 Å². The van der Waals surface area contributed by atoms with E-state index in [1.165, 1.54) is 0 Å². The van der Waals surface area contributed by atoms with E-state index in [4.69, 9.17) is 10.5 Å². The van der Waals surface area contributed by atoms with Crippen molar-refractivity contribution >= 4 is 5.91 Å². The fourth-order valence-corrected chi connectivity index (χ4v) is 1.63. The third-order valence-corrected chi connectivity index (χ3v) is 2.69. The summed E-state index contributed by atoms with van der Waals surface area (Å²) in [6.45, 7) is 8.24. The van der Waals surface area contributed by atoms with Crippen molar-refractivity contribution in [2.75, 3.05) is 26.3 Å². The lowest BCUT2D eigenvalue weighted by Gasteiger charge is -2.43. The molecule has 1 rings (SSSR count). The highest BCUT2D eigenvalue weighted by Crippen LogP contribution is 2.20. The van der Waals surface area contributed by atoms with Gasteiger partial charge < -0.3 is 15.4 Å². The molecular formula is C10H20N2O2. The summed E-state index contributed by atoms with van der Waals surface area (Å²) in [7, 11) is 0. The van der Waals surface area contributed by atoms with Crippen LogP contribution in [0.5, 0.6) is 0 Å². The Morgan fingerprint density at radius 3 is 2.79 bits per heavy atom. The van der Waals surface area contributed by atoms with Gasteiger partial charge in [0, 0.05) is 19.0 Å². The van der Waals surface area contributed by atoms with E-state index in [2.05, 4.69) is 0 Å². The number of rotatable bonds is 2. The quantitative estimate of drug-likeness (QED) is 0.693. The van der Waals surface area contributed by atoms with E-state index in [1.54, 1.807) is 0 Å². The van der Waals surface area contributed by atoms with Crippen molar-refractivity contribution in [3.05, 3.63) is 0 Å². The number of nitrogens with zero attached hydrogens (tertiary/aromatic N) is 1. The van der Waals surface area contributed by atoms with Crippen molar-refractivity contribution < 1.29 is 9.53 Å². The first-order valence-corrected chi connectivity index (χ1v) is 5.08. The molecule has 0 saturated carbocycles. The van der Waals surface area contributed by atoms with Crippen molar-refractivity contribution in [2.45, 2.75) is 26.3 Å². The second-order valence-corrected chi connectivity index (χ2v) is 4.49. The number of hydrogen-bond acceptors (Lipinski definition) is 3. The highest BCUT2D eigenvalue weighted by atomic mass is 16.5. The predicted octanol–water partition coefficient (Wildman–Crippen LogP) is 0.219. The highest BCUT2D eigenvalue weighted by molar-refractivity contribution is 5.79. The van der Waals surface area contributed by atoms with Gasteiger partial charge in [0.2, 0.25) is 5.91 Å². The molecule has 1 atom stereocenters. The molecular weight excluding hydrogens is 180 g/mol. The minimum Gasteiger partial charge on any atom is -0.377 e. The van der Waals surface area contributed by atoms with Gasteiger partial charge in [-0.15, -0.1) is 0 Å². The second kappa shape index (κ2) is 4.28.